The van der Waals surface area contributed by atoms with Crippen molar-refractivity contribution in [3.05, 3.63) is 21.9 Å². The molecule has 0 aliphatic carbocycles. The van der Waals surface area contributed by atoms with E-state index in [1.165, 1.54) is 4.88 Å². The van der Waals surface area contributed by atoms with Crippen molar-refractivity contribution in [3.63, 3.8) is 0 Å². The quantitative estimate of drug-likeness (QED) is 0.774. The molecule has 1 aromatic rings. The molecule has 1 heterocycles. The molecule has 6 heteroatoms. The minimum atomic E-state index is -3.24. The standard InChI is InChI=1S/C11H20NO3PS/c1-4-9-7-8-10(17-9)11(12)16(13,14-5-2)15-6-3/h7-8,11H,4-6,12H2,1-3H3/t11-/m1/s1. The van der Waals surface area contributed by atoms with Crippen molar-refractivity contribution in [1.82, 2.24) is 0 Å². The topological polar surface area (TPSA) is 61.5 Å². The van der Waals surface area contributed by atoms with Crippen LogP contribution in [0.2, 0.25) is 0 Å². The van der Waals surface area contributed by atoms with E-state index in [0.29, 0.717) is 13.2 Å². The van der Waals surface area contributed by atoms with E-state index < -0.39 is 13.4 Å². The molecule has 98 valence electrons. The van der Waals surface area contributed by atoms with Crippen molar-refractivity contribution < 1.29 is 13.6 Å². The first-order chi connectivity index (χ1) is 8.07. The summed E-state index contributed by atoms with van der Waals surface area (Å²) < 4.78 is 22.9. The Morgan fingerprint density at radius 2 is 1.88 bits per heavy atom. The van der Waals surface area contributed by atoms with E-state index in [9.17, 15) is 4.57 Å². The first-order valence-electron chi connectivity index (χ1n) is 5.80. The van der Waals surface area contributed by atoms with Gasteiger partial charge in [-0.15, -0.1) is 11.3 Å². The van der Waals surface area contributed by atoms with Crippen LogP contribution in [0.3, 0.4) is 0 Å². The maximum atomic E-state index is 12.4. The van der Waals surface area contributed by atoms with Crippen molar-refractivity contribution in [2.24, 2.45) is 5.73 Å². The summed E-state index contributed by atoms with van der Waals surface area (Å²) in [5, 5.41) is 0. The predicted molar refractivity (Wildman–Crippen MR) is 71.5 cm³/mol. The van der Waals surface area contributed by atoms with Crippen LogP contribution in [-0.4, -0.2) is 13.2 Å². The molecule has 0 fully saturated rings. The minimum Gasteiger partial charge on any atom is -0.313 e. The number of rotatable bonds is 7. The SMILES string of the molecule is CCOP(=O)(OCC)[C@@H](N)c1ccc(CC)s1. The zero-order valence-corrected chi connectivity index (χ0v) is 12.2. The highest BCUT2D eigenvalue weighted by Crippen LogP contribution is 2.59. The normalized spacial score (nSPS) is 13.9. The highest BCUT2D eigenvalue weighted by atomic mass is 32.1. The van der Waals surface area contributed by atoms with Gasteiger partial charge in [-0.1, -0.05) is 6.92 Å². The number of aryl methyl sites for hydroxylation is 1. The number of hydrogen-bond donors (Lipinski definition) is 1. The van der Waals surface area contributed by atoms with E-state index >= 15 is 0 Å². The van der Waals surface area contributed by atoms with E-state index in [0.717, 1.165) is 11.3 Å². The second kappa shape index (κ2) is 6.66. The van der Waals surface area contributed by atoms with Gasteiger partial charge < -0.3 is 14.8 Å². The molecule has 0 bridgehead atoms. The van der Waals surface area contributed by atoms with Crippen LogP contribution in [0.4, 0.5) is 0 Å². The fourth-order valence-corrected chi connectivity index (χ4v) is 4.36. The van der Waals surface area contributed by atoms with E-state index in [4.69, 9.17) is 14.8 Å². The van der Waals surface area contributed by atoms with Crippen LogP contribution in [0.15, 0.2) is 12.1 Å². The van der Waals surface area contributed by atoms with Crippen LogP contribution in [0, 0.1) is 0 Å². The second-order valence-electron chi connectivity index (χ2n) is 3.48. The Kier molecular flexibility index (Phi) is 5.83. The highest BCUT2D eigenvalue weighted by Gasteiger charge is 2.34. The maximum absolute atomic E-state index is 12.4. The molecule has 17 heavy (non-hydrogen) atoms. The average Bonchev–Trinajstić information content (AvgIpc) is 2.77. The summed E-state index contributed by atoms with van der Waals surface area (Å²) in [6.07, 6.45) is 0.949. The van der Waals surface area contributed by atoms with Gasteiger partial charge >= 0.3 is 7.60 Å². The Morgan fingerprint density at radius 3 is 2.29 bits per heavy atom. The lowest BCUT2D eigenvalue weighted by atomic mass is 10.4. The molecular weight excluding hydrogens is 257 g/mol. The lowest BCUT2D eigenvalue weighted by molar-refractivity contribution is 0.212. The van der Waals surface area contributed by atoms with Crippen molar-refractivity contribution in [1.29, 1.82) is 0 Å². The van der Waals surface area contributed by atoms with Crippen LogP contribution >= 0.6 is 18.9 Å². The second-order valence-corrected chi connectivity index (χ2v) is 6.83. The number of hydrogen-bond acceptors (Lipinski definition) is 5. The monoisotopic (exact) mass is 277 g/mol. The summed E-state index contributed by atoms with van der Waals surface area (Å²) in [4.78, 5) is 2.07. The molecule has 0 saturated heterocycles. The van der Waals surface area contributed by atoms with E-state index in [1.807, 2.05) is 12.1 Å². The molecule has 0 radical (unpaired) electrons. The van der Waals surface area contributed by atoms with Crippen LogP contribution in [0.25, 0.3) is 0 Å². The van der Waals surface area contributed by atoms with Gasteiger partial charge in [-0.3, -0.25) is 4.57 Å². The molecule has 0 saturated carbocycles. The van der Waals surface area contributed by atoms with Gasteiger partial charge in [0.05, 0.1) is 13.2 Å². The van der Waals surface area contributed by atoms with Gasteiger partial charge in [-0.25, -0.2) is 0 Å². The summed E-state index contributed by atoms with van der Waals surface area (Å²) >= 11 is 1.56. The van der Waals surface area contributed by atoms with Crippen LogP contribution < -0.4 is 5.73 Å². The first kappa shape index (κ1) is 14.9. The lowest BCUT2D eigenvalue weighted by Gasteiger charge is -2.22. The third-order valence-electron chi connectivity index (χ3n) is 2.28. The van der Waals surface area contributed by atoms with Crippen LogP contribution in [-0.2, 0) is 20.0 Å². The van der Waals surface area contributed by atoms with Crippen LogP contribution in [0.5, 0.6) is 0 Å². The summed E-state index contributed by atoms with van der Waals surface area (Å²) in [5.74, 6) is -0.687. The Labute approximate surface area is 107 Å². The Balaban J connectivity index is 2.90. The fraction of sp³-hybridized carbons (Fsp3) is 0.636. The molecular formula is C11H20NO3PS. The summed E-state index contributed by atoms with van der Waals surface area (Å²) in [6.45, 7) is 6.30. The highest BCUT2D eigenvalue weighted by molar-refractivity contribution is 7.54. The van der Waals surface area contributed by atoms with Crippen LogP contribution in [0.1, 0.15) is 36.3 Å². The molecule has 1 rings (SSSR count). The molecule has 0 spiro atoms. The molecule has 0 amide bonds. The molecule has 1 atom stereocenters. The summed E-state index contributed by atoms with van der Waals surface area (Å²) in [6, 6.07) is 3.90. The zero-order valence-electron chi connectivity index (χ0n) is 10.5. The third kappa shape index (κ3) is 3.63. The van der Waals surface area contributed by atoms with Crippen molar-refractivity contribution >= 4 is 18.9 Å². The molecule has 0 aromatic carbocycles. The average molecular weight is 277 g/mol. The molecule has 4 nitrogen and oxygen atoms in total. The van der Waals surface area contributed by atoms with Gasteiger partial charge in [-0.05, 0) is 32.4 Å². The number of thiophene rings is 1. The van der Waals surface area contributed by atoms with Gasteiger partial charge in [0.1, 0.15) is 5.78 Å². The third-order valence-corrected chi connectivity index (χ3v) is 5.96. The Morgan fingerprint density at radius 1 is 1.29 bits per heavy atom. The molecule has 2 N–H and O–H groups in total. The molecule has 0 aliphatic heterocycles. The van der Waals surface area contributed by atoms with Gasteiger partial charge in [0, 0.05) is 9.75 Å². The summed E-state index contributed by atoms with van der Waals surface area (Å²) in [5.41, 5.74) is 6.01. The van der Waals surface area contributed by atoms with Crippen molar-refractivity contribution in [2.45, 2.75) is 33.0 Å². The largest absolute Gasteiger partial charge is 0.352 e. The van der Waals surface area contributed by atoms with Gasteiger partial charge in [0.2, 0.25) is 0 Å². The fourth-order valence-electron chi connectivity index (χ4n) is 1.46. The predicted octanol–water partition coefficient (Wildman–Crippen LogP) is 3.53. The van der Waals surface area contributed by atoms with E-state index in [2.05, 4.69) is 6.92 Å². The molecule has 0 aliphatic rings. The maximum Gasteiger partial charge on any atom is 0.352 e. The van der Waals surface area contributed by atoms with Gasteiger partial charge in [0.15, 0.2) is 0 Å². The minimum absolute atomic E-state index is 0.330. The number of nitrogens with two attached hydrogens (primary N) is 1. The first-order valence-corrected chi connectivity index (χ1v) is 8.23. The summed E-state index contributed by atoms with van der Waals surface area (Å²) in [7, 11) is -3.24. The Hall–Kier alpha value is -0.190. The lowest BCUT2D eigenvalue weighted by Crippen LogP contribution is -2.13. The van der Waals surface area contributed by atoms with Crippen molar-refractivity contribution in [3.8, 4) is 0 Å². The zero-order chi connectivity index (χ0) is 12.9. The Bertz CT molecular complexity index is 384. The van der Waals surface area contributed by atoms with Crippen molar-refractivity contribution in [2.75, 3.05) is 13.2 Å². The van der Waals surface area contributed by atoms with Gasteiger partial charge in [0.25, 0.3) is 0 Å². The smallest absolute Gasteiger partial charge is 0.313 e. The van der Waals surface area contributed by atoms with Gasteiger partial charge in [-0.2, -0.15) is 0 Å². The molecule has 1 aromatic heterocycles. The van der Waals surface area contributed by atoms with E-state index in [1.54, 1.807) is 25.2 Å². The van der Waals surface area contributed by atoms with E-state index in [-0.39, 0.29) is 0 Å². The molecule has 0 unspecified atom stereocenters.